The van der Waals surface area contributed by atoms with Crippen LogP contribution >= 0.6 is 27.5 Å². The van der Waals surface area contributed by atoms with E-state index in [4.69, 9.17) is 11.6 Å². The summed E-state index contributed by atoms with van der Waals surface area (Å²) in [6.07, 6.45) is 2.96. The highest BCUT2D eigenvalue weighted by molar-refractivity contribution is 9.10. The van der Waals surface area contributed by atoms with Crippen molar-refractivity contribution in [1.29, 1.82) is 0 Å². The molecule has 6 nitrogen and oxygen atoms in total. The minimum Gasteiger partial charge on any atom is -0.507 e. The van der Waals surface area contributed by atoms with Gasteiger partial charge >= 0.3 is 0 Å². The van der Waals surface area contributed by atoms with Crippen LogP contribution in [0.4, 0.5) is 0 Å². The molecule has 0 bridgehead atoms. The number of hydrogen-bond acceptors (Lipinski definition) is 4. The van der Waals surface area contributed by atoms with Crippen LogP contribution in [0.1, 0.15) is 16.1 Å². The van der Waals surface area contributed by atoms with E-state index in [1.807, 2.05) is 0 Å². The topological polar surface area (TPSA) is 79.5 Å². The van der Waals surface area contributed by atoms with Gasteiger partial charge < -0.3 is 5.11 Å². The Bertz CT molecular complexity index is 684. The maximum atomic E-state index is 11.8. The van der Waals surface area contributed by atoms with Crippen LogP contribution in [-0.2, 0) is 7.05 Å². The van der Waals surface area contributed by atoms with E-state index in [0.717, 1.165) is 0 Å². The van der Waals surface area contributed by atoms with Gasteiger partial charge in [0.15, 0.2) is 5.69 Å². The SMILES string of the molecule is Cn1cc(Br)c(C(=O)NN=Cc2cc(Cl)ccc2O)n1. The zero-order valence-corrected chi connectivity index (χ0v) is 12.7. The predicted octanol–water partition coefficient (Wildman–Crippen LogP) is 2.31. The van der Waals surface area contributed by atoms with E-state index >= 15 is 0 Å². The van der Waals surface area contributed by atoms with Crippen LogP contribution in [0.5, 0.6) is 5.75 Å². The Balaban J connectivity index is 2.08. The Morgan fingerprint density at radius 3 is 3.00 bits per heavy atom. The lowest BCUT2D eigenvalue weighted by Crippen LogP contribution is -2.19. The van der Waals surface area contributed by atoms with Crippen molar-refractivity contribution in [3.05, 3.63) is 45.1 Å². The first-order valence-electron chi connectivity index (χ1n) is 5.48. The fourth-order valence-corrected chi connectivity index (χ4v) is 2.19. The molecule has 1 aromatic heterocycles. The molecule has 2 rings (SSSR count). The van der Waals surface area contributed by atoms with Crippen LogP contribution < -0.4 is 5.43 Å². The number of nitrogens with one attached hydrogen (secondary N) is 1. The van der Waals surface area contributed by atoms with Crippen LogP contribution in [-0.4, -0.2) is 27.0 Å². The molecular weight excluding hydrogens is 348 g/mol. The normalized spacial score (nSPS) is 10.9. The van der Waals surface area contributed by atoms with E-state index in [1.54, 1.807) is 19.3 Å². The largest absolute Gasteiger partial charge is 0.507 e. The van der Waals surface area contributed by atoms with Gasteiger partial charge in [-0.2, -0.15) is 10.2 Å². The zero-order valence-electron chi connectivity index (χ0n) is 10.3. The molecule has 1 heterocycles. The summed E-state index contributed by atoms with van der Waals surface area (Å²) in [4.78, 5) is 11.8. The summed E-state index contributed by atoms with van der Waals surface area (Å²) >= 11 is 9.02. The quantitative estimate of drug-likeness (QED) is 0.653. The van der Waals surface area contributed by atoms with Gasteiger partial charge in [-0.05, 0) is 34.1 Å². The van der Waals surface area contributed by atoms with Gasteiger partial charge in [-0.25, -0.2) is 5.43 Å². The molecule has 2 N–H and O–H groups in total. The van der Waals surface area contributed by atoms with Crippen molar-refractivity contribution in [1.82, 2.24) is 15.2 Å². The van der Waals surface area contributed by atoms with Gasteiger partial charge in [0.2, 0.25) is 0 Å². The fourth-order valence-electron chi connectivity index (χ4n) is 1.46. The summed E-state index contributed by atoms with van der Waals surface area (Å²) in [5.41, 5.74) is 2.94. The molecule has 0 saturated heterocycles. The molecule has 0 saturated carbocycles. The number of halogens is 2. The average Bonchev–Trinajstić information content (AvgIpc) is 2.72. The van der Waals surface area contributed by atoms with Gasteiger partial charge in [0.1, 0.15) is 5.75 Å². The molecule has 8 heteroatoms. The molecule has 0 atom stereocenters. The predicted molar refractivity (Wildman–Crippen MR) is 79.1 cm³/mol. The fraction of sp³-hybridized carbons (Fsp3) is 0.0833. The molecular formula is C12H10BrClN4O2. The van der Waals surface area contributed by atoms with Gasteiger partial charge in [-0.1, -0.05) is 11.6 Å². The van der Waals surface area contributed by atoms with Gasteiger partial charge in [0, 0.05) is 23.8 Å². The Morgan fingerprint density at radius 1 is 1.60 bits per heavy atom. The maximum absolute atomic E-state index is 11.8. The first-order chi connectivity index (χ1) is 9.47. The number of rotatable bonds is 3. The Hall–Kier alpha value is -1.86. The highest BCUT2D eigenvalue weighted by atomic mass is 79.9. The van der Waals surface area contributed by atoms with Crippen LogP contribution in [0.15, 0.2) is 34.0 Å². The second-order valence-electron chi connectivity index (χ2n) is 3.90. The number of phenolic OH excluding ortho intramolecular Hbond substituents is 1. The van der Waals surface area contributed by atoms with Crippen molar-refractivity contribution in [2.24, 2.45) is 12.1 Å². The van der Waals surface area contributed by atoms with Crippen molar-refractivity contribution in [3.63, 3.8) is 0 Å². The lowest BCUT2D eigenvalue weighted by atomic mass is 10.2. The molecule has 0 radical (unpaired) electrons. The van der Waals surface area contributed by atoms with E-state index in [1.165, 1.54) is 23.0 Å². The molecule has 0 aliphatic rings. The number of carbonyl (C=O) groups excluding carboxylic acids is 1. The molecule has 0 unspecified atom stereocenters. The number of hydrazone groups is 1. The van der Waals surface area contributed by atoms with Crippen molar-refractivity contribution in [3.8, 4) is 5.75 Å². The van der Waals surface area contributed by atoms with E-state index in [2.05, 4.69) is 31.6 Å². The average molecular weight is 358 g/mol. The van der Waals surface area contributed by atoms with E-state index in [9.17, 15) is 9.90 Å². The molecule has 104 valence electrons. The summed E-state index contributed by atoms with van der Waals surface area (Å²) in [7, 11) is 1.70. The Morgan fingerprint density at radius 2 is 2.35 bits per heavy atom. The van der Waals surface area contributed by atoms with Crippen LogP contribution in [0.2, 0.25) is 5.02 Å². The van der Waals surface area contributed by atoms with Gasteiger partial charge in [0.05, 0.1) is 10.7 Å². The van der Waals surface area contributed by atoms with Crippen molar-refractivity contribution < 1.29 is 9.90 Å². The van der Waals surface area contributed by atoms with E-state index in [-0.39, 0.29) is 11.4 Å². The lowest BCUT2D eigenvalue weighted by Gasteiger charge is -1.99. The monoisotopic (exact) mass is 356 g/mol. The minimum absolute atomic E-state index is 0.0198. The molecule has 1 aromatic carbocycles. The number of aromatic nitrogens is 2. The number of aromatic hydroxyl groups is 1. The van der Waals surface area contributed by atoms with Crippen LogP contribution in [0.25, 0.3) is 0 Å². The lowest BCUT2D eigenvalue weighted by molar-refractivity contribution is 0.0948. The number of aryl methyl sites for hydroxylation is 1. The Labute approximate surface area is 128 Å². The minimum atomic E-state index is -0.463. The maximum Gasteiger partial charge on any atom is 0.293 e. The summed E-state index contributed by atoms with van der Waals surface area (Å²) in [6, 6.07) is 4.53. The standard InChI is InChI=1S/C12H10BrClN4O2/c1-18-6-9(13)11(17-18)12(20)16-15-5-7-4-8(14)2-3-10(7)19/h2-6,19H,1H3,(H,16,20). The van der Waals surface area contributed by atoms with Gasteiger partial charge in [0.25, 0.3) is 5.91 Å². The third kappa shape index (κ3) is 3.37. The number of benzene rings is 1. The number of hydrogen-bond donors (Lipinski definition) is 2. The molecule has 0 spiro atoms. The summed E-state index contributed by atoms with van der Waals surface area (Å²) in [6.45, 7) is 0. The molecule has 20 heavy (non-hydrogen) atoms. The highest BCUT2D eigenvalue weighted by Gasteiger charge is 2.13. The van der Waals surface area contributed by atoms with Crippen molar-refractivity contribution in [2.45, 2.75) is 0 Å². The molecule has 0 aliphatic heterocycles. The number of phenols is 1. The van der Waals surface area contributed by atoms with Crippen molar-refractivity contribution in [2.75, 3.05) is 0 Å². The molecule has 0 fully saturated rings. The third-order valence-corrected chi connectivity index (χ3v) is 3.17. The molecule has 1 amide bonds. The first kappa shape index (κ1) is 14.5. The highest BCUT2D eigenvalue weighted by Crippen LogP contribution is 2.19. The smallest absolute Gasteiger partial charge is 0.293 e. The third-order valence-electron chi connectivity index (χ3n) is 2.36. The first-order valence-corrected chi connectivity index (χ1v) is 6.65. The molecule has 2 aromatic rings. The van der Waals surface area contributed by atoms with Crippen molar-refractivity contribution >= 4 is 39.7 Å². The summed E-state index contributed by atoms with van der Waals surface area (Å²) < 4.78 is 2.07. The summed E-state index contributed by atoms with van der Waals surface area (Å²) in [5.74, 6) is -0.443. The zero-order chi connectivity index (χ0) is 14.7. The van der Waals surface area contributed by atoms with Gasteiger partial charge in [-0.3, -0.25) is 9.48 Å². The molecule has 0 aliphatic carbocycles. The number of amides is 1. The van der Waals surface area contributed by atoms with E-state index in [0.29, 0.717) is 15.1 Å². The number of carbonyl (C=O) groups is 1. The Kier molecular flexibility index (Phi) is 4.41. The number of nitrogens with zero attached hydrogens (tertiary/aromatic N) is 3. The van der Waals surface area contributed by atoms with Crippen LogP contribution in [0.3, 0.4) is 0 Å². The van der Waals surface area contributed by atoms with Gasteiger partial charge in [-0.15, -0.1) is 0 Å². The summed E-state index contributed by atoms with van der Waals surface area (Å²) in [5, 5.41) is 17.8. The second-order valence-corrected chi connectivity index (χ2v) is 5.19. The van der Waals surface area contributed by atoms with E-state index < -0.39 is 5.91 Å². The van der Waals surface area contributed by atoms with Crippen LogP contribution in [0, 0.1) is 0 Å². The second kappa shape index (κ2) is 6.06.